The second-order valence-corrected chi connectivity index (χ2v) is 7.22. The third kappa shape index (κ3) is 5.48. The van der Waals surface area contributed by atoms with E-state index in [1.807, 2.05) is 0 Å². The number of para-hydroxylation sites is 1. The molecule has 3 rings (SSSR count). The number of rotatable bonds is 9. The number of phenols is 1. The maximum atomic E-state index is 13.8. The molecule has 0 spiro atoms. The molecule has 1 amide bonds. The summed E-state index contributed by atoms with van der Waals surface area (Å²) in [6.07, 6.45) is 2.65. The lowest BCUT2D eigenvalue weighted by atomic mass is 10.0. The summed E-state index contributed by atoms with van der Waals surface area (Å²) in [5, 5.41) is 27.7. The van der Waals surface area contributed by atoms with Gasteiger partial charge >= 0.3 is 5.97 Å². The van der Waals surface area contributed by atoms with Crippen LogP contribution in [0.15, 0.2) is 59.3 Å². The average Bonchev–Trinajstić information content (AvgIpc) is 3.00. The van der Waals surface area contributed by atoms with Gasteiger partial charge in [-0.15, -0.1) is 0 Å². The summed E-state index contributed by atoms with van der Waals surface area (Å²) in [6.45, 7) is 1.91. The van der Waals surface area contributed by atoms with Crippen LogP contribution in [0, 0.1) is 5.82 Å². The summed E-state index contributed by atoms with van der Waals surface area (Å²) in [5.74, 6) is -1.49. The molecule has 7 nitrogen and oxygen atoms in total. The first kappa shape index (κ1) is 22.0. The van der Waals surface area contributed by atoms with Crippen LogP contribution in [0.1, 0.15) is 30.9 Å². The van der Waals surface area contributed by atoms with E-state index in [4.69, 9.17) is 5.11 Å². The van der Waals surface area contributed by atoms with Gasteiger partial charge in [-0.25, -0.2) is 9.40 Å². The van der Waals surface area contributed by atoms with E-state index in [9.17, 15) is 19.1 Å². The number of nitrogens with zero attached hydrogens (tertiary/aromatic N) is 2. The highest BCUT2D eigenvalue weighted by molar-refractivity contribution is 6.23. The minimum absolute atomic E-state index is 0.0361. The number of benzene rings is 2. The van der Waals surface area contributed by atoms with Gasteiger partial charge in [0.05, 0.1) is 17.0 Å². The predicted molar refractivity (Wildman–Crippen MR) is 115 cm³/mol. The van der Waals surface area contributed by atoms with Gasteiger partial charge in [-0.2, -0.15) is 5.10 Å². The Hall–Kier alpha value is -3.68. The van der Waals surface area contributed by atoms with E-state index in [0.717, 1.165) is 0 Å². The zero-order chi connectivity index (χ0) is 22.4. The van der Waals surface area contributed by atoms with Crippen molar-refractivity contribution in [3.63, 3.8) is 0 Å². The SMILES string of the molecule is CC1=NN(CCCC(=O)O)C(=O)/C1=C\Nc1cccc(CCc2ccccc2F)c1O. The van der Waals surface area contributed by atoms with Crippen molar-refractivity contribution in [2.45, 2.75) is 32.6 Å². The number of carbonyl (C=O) groups is 2. The van der Waals surface area contributed by atoms with Crippen LogP contribution in [-0.2, 0) is 22.4 Å². The number of aliphatic carboxylic acids is 1. The van der Waals surface area contributed by atoms with Crippen LogP contribution in [-0.4, -0.2) is 39.4 Å². The molecule has 0 saturated heterocycles. The molecule has 2 aromatic carbocycles. The van der Waals surface area contributed by atoms with E-state index in [1.165, 1.54) is 17.3 Å². The molecule has 162 valence electrons. The first-order valence-electron chi connectivity index (χ1n) is 9.97. The molecule has 0 atom stereocenters. The number of anilines is 1. The Kier molecular flexibility index (Phi) is 7.02. The van der Waals surface area contributed by atoms with Gasteiger partial charge in [0.2, 0.25) is 0 Å². The molecule has 0 radical (unpaired) electrons. The summed E-state index contributed by atoms with van der Waals surface area (Å²) in [4.78, 5) is 23.2. The number of carboxylic acid groups (broad SMARTS) is 1. The average molecular weight is 425 g/mol. The zero-order valence-corrected chi connectivity index (χ0v) is 17.1. The highest BCUT2D eigenvalue weighted by Crippen LogP contribution is 2.29. The number of hydrogen-bond donors (Lipinski definition) is 3. The van der Waals surface area contributed by atoms with Crippen molar-refractivity contribution in [3.8, 4) is 5.75 Å². The smallest absolute Gasteiger partial charge is 0.303 e. The Balaban J connectivity index is 1.66. The van der Waals surface area contributed by atoms with Crippen molar-refractivity contribution < 1.29 is 24.2 Å². The molecule has 0 bridgehead atoms. The van der Waals surface area contributed by atoms with Crippen LogP contribution >= 0.6 is 0 Å². The van der Waals surface area contributed by atoms with Crippen LogP contribution in [0.5, 0.6) is 5.75 Å². The molecular weight excluding hydrogens is 401 g/mol. The standard InChI is InChI=1S/C23H24FN3O4/c1-15-18(23(31)27(26-15)13-5-10-21(28)29)14-25-20-9-4-7-17(22(20)30)12-11-16-6-2-3-8-19(16)24/h2-4,6-9,14,25,30H,5,10-13H2,1H3,(H,28,29)/b18-14-. The highest BCUT2D eigenvalue weighted by atomic mass is 19.1. The first-order valence-corrected chi connectivity index (χ1v) is 9.97. The predicted octanol–water partition coefficient (Wildman–Crippen LogP) is 3.70. The molecule has 1 aliphatic rings. The van der Waals surface area contributed by atoms with Crippen molar-refractivity contribution in [3.05, 3.63) is 71.2 Å². The summed E-state index contributed by atoms with van der Waals surface area (Å²) < 4.78 is 13.8. The molecule has 31 heavy (non-hydrogen) atoms. The van der Waals surface area contributed by atoms with Crippen LogP contribution in [0.25, 0.3) is 0 Å². The van der Waals surface area contributed by atoms with Crippen LogP contribution in [0.4, 0.5) is 10.1 Å². The lowest BCUT2D eigenvalue weighted by Gasteiger charge is -2.12. The summed E-state index contributed by atoms with van der Waals surface area (Å²) in [6, 6.07) is 11.8. The molecule has 1 aliphatic heterocycles. The summed E-state index contributed by atoms with van der Waals surface area (Å²) in [5.41, 5.74) is 2.50. The maximum Gasteiger partial charge on any atom is 0.303 e. The van der Waals surface area contributed by atoms with Crippen molar-refractivity contribution in [2.75, 3.05) is 11.9 Å². The largest absolute Gasteiger partial charge is 0.505 e. The summed E-state index contributed by atoms with van der Waals surface area (Å²) >= 11 is 0. The van der Waals surface area contributed by atoms with Gasteiger partial charge in [0.1, 0.15) is 11.6 Å². The van der Waals surface area contributed by atoms with E-state index in [0.29, 0.717) is 47.4 Å². The maximum absolute atomic E-state index is 13.8. The van der Waals surface area contributed by atoms with Crippen molar-refractivity contribution >= 4 is 23.3 Å². The van der Waals surface area contributed by atoms with Gasteiger partial charge in [0.25, 0.3) is 5.91 Å². The number of halogens is 1. The van der Waals surface area contributed by atoms with Crippen LogP contribution in [0.2, 0.25) is 0 Å². The number of phenolic OH excluding ortho intramolecular Hbond substituents is 1. The van der Waals surface area contributed by atoms with Crippen molar-refractivity contribution in [1.29, 1.82) is 0 Å². The third-order valence-electron chi connectivity index (χ3n) is 5.00. The zero-order valence-electron chi connectivity index (χ0n) is 17.1. The number of aromatic hydroxyl groups is 1. The fraction of sp³-hybridized carbons (Fsp3) is 0.261. The van der Waals surface area contributed by atoms with Gasteiger partial charge in [0, 0.05) is 19.2 Å². The van der Waals surface area contributed by atoms with E-state index < -0.39 is 5.97 Å². The molecular formula is C23H24FN3O4. The molecule has 0 fully saturated rings. The Morgan fingerprint density at radius 1 is 1.16 bits per heavy atom. The second-order valence-electron chi connectivity index (χ2n) is 7.22. The number of carbonyl (C=O) groups excluding carboxylic acids is 1. The second kappa shape index (κ2) is 9.88. The number of amides is 1. The van der Waals surface area contributed by atoms with E-state index in [1.54, 1.807) is 43.3 Å². The molecule has 3 N–H and O–H groups in total. The van der Waals surface area contributed by atoms with Gasteiger partial charge in [-0.1, -0.05) is 30.3 Å². The van der Waals surface area contributed by atoms with E-state index in [-0.39, 0.29) is 30.4 Å². The molecule has 1 heterocycles. The Morgan fingerprint density at radius 3 is 2.61 bits per heavy atom. The number of nitrogens with one attached hydrogen (secondary N) is 1. The minimum atomic E-state index is -0.921. The number of hydrazone groups is 1. The Labute approximate surface area is 179 Å². The number of hydrogen-bond acceptors (Lipinski definition) is 5. The normalized spacial score (nSPS) is 14.8. The monoisotopic (exact) mass is 425 g/mol. The van der Waals surface area contributed by atoms with Crippen molar-refractivity contribution in [2.24, 2.45) is 5.10 Å². The Bertz CT molecular complexity index is 1050. The first-order chi connectivity index (χ1) is 14.9. The van der Waals surface area contributed by atoms with Crippen LogP contribution in [0.3, 0.4) is 0 Å². The summed E-state index contributed by atoms with van der Waals surface area (Å²) in [7, 11) is 0. The van der Waals surface area contributed by atoms with Gasteiger partial charge in [0.15, 0.2) is 0 Å². The molecule has 2 aromatic rings. The molecule has 0 aromatic heterocycles. The molecule has 8 heteroatoms. The molecule has 0 saturated carbocycles. The third-order valence-corrected chi connectivity index (χ3v) is 5.00. The van der Waals surface area contributed by atoms with Gasteiger partial charge in [-0.3, -0.25) is 9.59 Å². The highest BCUT2D eigenvalue weighted by Gasteiger charge is 2.27. The number of carboxylic acids is 1. The van der Waals surface area contributed by atoms with Gasteiger partial charge < -0.3 is 15.5 Å². The molecule has 0 aliphatic carbocycles. The fourth-order valence-electron chi connectivity index (χ4n) is 3.30. The van der Waals surface area contributed by atoms with Crippen molar-refractivity contribution in [1.82, 2.24) is 5.01 Å². The fourth-order valence-corrected chi connectivity index (χ4v) is 3.30. The van der Waals surface area contributed by atoms with Crippen LogP contribution < -0.4 is 5.32 Å². The lowest BCUT2D eigenvalue weighted by Crippen LogP contribution is -2.24. The topological polar surface area (TPSA) is 102 Å². The molecule has 0 unspecified atom stereocenters. The van der Waals surface area contributed by atoms with E-state index >= 15 is 0 Å². The number of aryl methyl sites for hydroxylation is 2. The lowest BCUT2D eigenvalue weighted by molar-refractivity contribution is -0.137. The quantitative estimate of drug-likeness (QED) is 0.420. The van der Waals surface area contributed by atoms with E-state index in [2.05, 4.69) is 10.4 Å². The Morgan fingerprint density at radius 2 is 1.87 bits per heavy atom. The minimum Gasteiger partial charge on any atom is -0.505 e. The van der Waals surface area contributed by atoms with Gasteiger partial charge in [-0.05, 0) is 49.4 Å².